The highest BCUT2D eigenvalue weighted by Gasteiger charge is 2.06. The highest BCUT2D eigenvalue weighted by atomic mass is 35.5. The molecule has 0 aliphatic carbocycles. The fourth-order valence-corrected chi connectivity index (χ4v) is 1.76. The van der Waals surface area contributed by atoms with Crippen molar-refractivity contribution in [3.8, 4) is 5.75 Å². The maximum Gasteiger partial charge on any atom is 0.258 e. The number of rotatable bonds is 8. The van der Waals surface area contributed by atoms with Gasteiger partial charge in [0, 0.05) is 11.6 Å². The Morgan fingerprint density at radius 3 is 2.75 bits per heavy atom. The van der Waals surface area contributed by atoms with Gasteiger partial charge in [-0.3, -0.25) is 4.79 Å². The van der Waals surface area contributed by atoms with Crippen LogP contribution in [0.1, 0.15) is 6.92 Å². The zero-order valence-electron chi connectivity index (χ0n) is 11.2. The van der Waals surface area contributed by atoms with E-state index < -0.39 is 0 Å². The summed E-state index contributed by atoms with van der Waals surface area (Å²) in [7, 11) is 0. The summed E-state index contributed by atoms with van der Waals surface area (Å²) < 4.78 is 10.5. The Balaban J connectivity index is 2.21. The second kappa shape index (κ2) is 8.84. The van der Waals surface area contributed by atoms with Gasteiger partial charge in [0.1, 0.15) is 5.75 Å². The molecule has 0 fully saturated rings. The van der Waals surface area contributed by atoms with Crippen LogP contribution in [0.2, 0.25) is 10.0 Å². The number of benzene rings is 1. The number of nitrogens with one attached hydrogen (secondary N) is 1. The molecule has 4 nitrogen and oxygen atoms in total. The Bertz CT molecular complexity index is 477. The predicted molar refractivity (Wildman–Crippen MR) is 80.6 cm³/mol. The van der Waals surface area contributed by atoms with Crippen LogP contribution in [-0.2, 0) is 9.53 Å². The molecule has 0 saturated heterocycles. The van der Waals surface area contributed by atoms with Crippen LogP contribution in [0.15, 0.2) is 30.4 Å². The van der Waals surface area contributed by atoms with Crippen molar-refractivity contribution in [1.82, 2.24) is 5.32 Å². The van der Waals surface area contributed by atoms with E-state index in [2.05, 4.69) is 11.9 Å². The van der Waals surface area contributed by atoms with Gasteiger partial charge < -0.3 is 14.8 Å². The second-order valence-electron chi connectivity index (χ2n) is 4.22. The standard InChI is InChI=1S/C14H17Cl2NO3/c1-10(2)8-19-6-5-17-14(18)9-20-13-4-3-11(15)7-12(13)16/h3-4,7H,1,5-6,8-9H2,2H3,(H,17,18). The largest absolute Gasteiger partial charge is 0.482 e. The Labute approximate surface area is 128 Å². The van der Waals surface area contributed by atoms with Crippen molar-refractivity contribution in [2.24, 2.45) is 0 Å². The normalized spacial score (nSPS) is 10.2. The van der Waals surface area contributed by atoms with Gasteiger partial charge in [-0.25, -0.2) is 0 Å². The van der Waals surface area contributed by atoms with Gasteiger partial charge in [0.05, 0.1) is 18.2 Å². The predicted octanol–water partition coefficient (Wildman–Crippen LogP) is 3.08. The molecular formula is C14H17Cl2NO3. The number of carbonyl (C=O) groups is 1. The lowest BCUT2D eigenvalue weighted by molar-refractivity contribution is -0.123. The number of hydrogen-bond acceptors (Lipinski definition) is 3. The zero-order valence-corrected chi connectivity index (χ0v) is 12.8. The van der Waals surface area contributed by atoms with Crippen molar-refractivity contribution < 1.29 is 14.3 Å². The molecule has 0 bridgehead atoms. The first kappa shape index (κ1) is 16.8. The molecule has 0 spiro atoms. The molecule has 1 aromatic carbocycles. The molecule has 1 N–H and O–H groups in total. The van der Waals surface area contributed by atoms with E-state index in [4.69, 9.17) is 32.7 Å². The van der Waals surface area contributed by atoms with Crippen LogP contribution in [0.4, 0.5) is 0 Å². The lowest BCUT2D eigenvalue weighted by Crippen LogP contribution is -2.31. The molecule has 1 amide bonds. The first-order valence-electron chi connectivity index (χ1n) is 6.05. The number of carbonyl (C=O) groups excluding carboxylic acids is 1. The van der Waals surface area contributed by atoms with Gasteiger partial charge in [-0.15, -0.1) is 0 Å². The third-order valence-corrected chi connectivity index (χ3v) is 2.70. The van der Waals surface area contributed by atoms with Gasteiger partial charge in [0.2, 0.25) is 0 Å². The first-order chi connectivity index (χ1) is 9.49. The number of ether oxygens (including phenoxy) is 2. The van der Waals surface area contributed by atoms with Gasteiger partial charge >= 0.3 is 0 Å². The van der Waals surface area contributed by atoms with E-state index >= 15 is 0 Å². The number of amides is 1. The fraction of sp³-hybridized carbons (Fsp3) is 0.357. The highest BCUT2D eigenvalue weighted by molar-refractivity contribution is 6.35. The van der Waals surface area contributed by atoms with E-state index in [0.717, 1.165) is 5.57 Å². The average Bonchev–Trinajstić information content (AvgIpc) is 2.37. The molecule has 20 heavy (non-hydrogen) atoms. The van der Waals surface area contributed by atoms with Crippen molar-refractivity contribution >= 4 is 29.1 Å². The summed E-state index contributed by atoms with van der Waals surface area (Å²) in [6.07, 6.45) is 0. The lowest BCUT2D eigenvalue weighted by Gasteiger charge is -2.09. The second-order valence-corrected chi connectivity index (χ2v) is 5.07. The quantitative estimate of drug-likeness (QED) is 0.592. The van der Waals surface area contributed by atoms with Crippen LogP contribution in [0.25, 0.3) is 0 Å². The summed E-state index contributed by atoms with van der Waals surface area (Å²) >= 11 is 11.7. The minimum Gasteiger partial charge on any atom is -0.482 e. The van der Waals surface area contributed by atoms with Gasteiger partial charge in [-0.2, -0.15) is 0 Å². The van der Waals surface area contributed by atoms with Gasteiger partial charge in [0.25, 0.3) is 5.91 Å². The lowest BCUT2D eigenvalue weighted by atomic mass is 10.3. The van der Waals surface area contributed by atoms with E-state index in [0.29, 0.717) is 35.6 Å². The molecular weight excluding hydrogens is 301 g/mol. The van der Waals surface area contributed by atoms with Crippen LogP contribution in [0.5, 0.6) is 5.75 Å². The molecule has 1 rings (SSSR count). The molecule has 1 aromatic rings. The summed E-state index contributed by atoms with van der Waals surface area (Å²) in [6, 6.07) is 4.82. The Morgan fingerprint density at radius 2 is 2.10 bits per heavy atom. The molecule has 110 valence electrons. The van der Waals surface area contributed by atoms with E-state index in [9.17, 15) is 4.79 Å². The molecule has 0 radical (unpaired) electrons. The molecule has 0 saturated carbocycles. The summed E-state index contributed by atoms with van der Waals surface area (Å²) in [6.45, 7) is 6.82. The zero-order chi connectivity index (χ0) is 15.0. The topological polar surface area (TPSA) is 47.6 Å². The van der Waals surface area contributed by atoms with Gasteiger partial charge in [-0.05, 0) is 25.1 Å². The highest BCUT2D eigenvalue weighted by Crippen LogP contribution is 2.27. The number of halogens is 2. The fourth-order valence-electron chi connectivity index (χ4n) is 1.30. The smallest absolute Gasteiger partial charge is 0.258 e. The van der Waals surface area contributed by atoms with E-state index in [1.165, 1.54) is 0 Å². The summed E-state index contributed by atoms with van der Waals surface area (Å²) in [5.41, 5.74) is 0.942. The van der Waals surface area contributed by atoms with Crippen molar-refractivity contribution in [3.05, 3.63) is 40.4 Å². The Hall–Kier alpha value is -1.23. The molecule has 0 atom stereocenters. The summed E-state index contributed by atoms with van der Waals surface area (Å²) in [5.74, 6) is 0.180. The van der Waals surface area contributed by atoms with Crippen molar-refractivity contribution in [2.75, 3.05) is 26.4 Å². The molecule has 6 heteroatoms. The summed E-state index contributed by atoms with van der Waals surface area (Å²) in [5, 5.41) is 3.56. The van der Waals surface area contributed by atoms with Crippen molar-refractivity contribution in [1.29, 1.82) is 0 Å². The minimum atomic E-state index is -0.241. The first-order valence-corrected chi connectivity index (χ1v) is 6.81. The van der Waals surface area contributed by atoms with Crippen LogP contribution in [0, 0.1) is 0 Å². The van der Waals surface area contributed by atoms with Gasteiger partial charge in [0.15, 0.2) is 6.61 Å². The average molecular weight is 318 g/mol. The molecule has 0 unspecified atom stereocenters. The minimum absolute atomic E-state index is 0.109. The van der Waals surface area contributed by atoms with Crippen LogP contribution >= 0.6 is 23.2 Å². The monoisotopic (exact) mass is 317 g/mol. The van der Waals surface area contributed by atoms with Gasteiger partial charge in [-0.1, -0.05) is 35.4 Å². The third kappa shape index (κ3) is 6.80. The maximum atomic E-state index is 11.5. The molecule has 0 aliphatic heterocycles. The Morgan fingerprint density at radius 1 is 1.35 bits per heavy atom. The molecule has 0 aliphatic rings. The van der Waals surface area contributed by atoms with Crippen LogP contribution in [0.3, 0.4) is 0 Å². The number of hydrogen-bond donors (Lipinski definition) is 1. The Kier molecular flexibility index (Phi) is 7.44. The molecule has 0 aromatic heterocycles. The molecule has 0 heterocycles. The van der Waals surface area contributed by atoms with E-state index in [-0.39, 0.29) is 12.5 Å². The summed E-state index contributed by atoms with van der Waals surface area (Å²) in [4.78, 5) is 11.5. The van der Waals surface area contributed by atoms with Crippen LogP contribution in [-0.4, -0.2) is 32.3 Å². The van der Waals surface area contributed by atoms with Crippen molar-refractivity contribution in [3.63, 3.8) is 0 Å². The van der Waals surface area contributed by atoms with E-state index in [1.807, 2.05) is 6.92 Å². The van der Waals surface area contributed by atoms with Crippen LogP contribution < -0.4 is 10.1 Å². The maximum absolute atomic E-state index is 11.5. The third-order valence-electron chi connectivity index (χ3n) is 2.17. The van der Waals surface area contributed by atoms with E-state index in [1.54, 1.807) is 18.2 Å². The SMILES string of the molecule is C=C(C)COCCNC(=O)COc1ccc(Cl)cc1Cl. The van der Waals surface area contributed by atoms with Crippen molar-refractivity contribution in [2.45, 2.75) is 6.92 Å².